The smallest absolute Gasteiger partial charge is 0.329 e. The van der Waals surface area contributed by atoms with Crippen molar-refractivity contribution in [2.45, 2.75) is 6.92 Å². The van der Waals surface area contributed by atoms with Crippen LogP contribution in [0.15, 0.2) is 17.4 Å². The van der Waals surface area contributed by atoms with Gasteiger partial charge in [0.1, 0.15) is 0 Å². The summed E-state index contributed by atoms with van der Waals surface area (Å²) in [5.74, 6) is 0. The molecule has 0 N–H and O–H groups in total. The number of carbonyl (C=O) groups is 1. The summed E-state index contributed by atoms with van der Waals surface area (Å²) in [6.07, 6.45) is 0. The van der Waals surface area contributed by atoms with Gasteiger partial charge in [-0.05, 0) is 6.92 Å². The van der Waals surface area contributed by atoms with Crippen molar-refractivity contribution in [3.05, 3.63) is 12.3 Å². The lowest BCUT2D eigenvalue weighted by Gasteiger charge is -2.20. The van der Waals surface area contributed by atoms with Gasteiger partial charge in [-0.2, -0.15) is 10.1 Å². The third-order valence-electron chi connectivity index (χ3n) is 1.07. The van der Waals surface area contributed by atoms with Crippen molar-refractivity contribution in [2.24, 2.45) is 5.10 Å². The van der Waals surface area contributed by atoms with Gasteiger partial charge in [0.25, 0.3) is 0 Å². The van der Waals surface area contributed by atoms with E-state index in [4.69, 9.17) is 0 Å². The first-order valence-corrected chi connectivity index (χ1v) is 3.14. The Morgan fingerprint density at radius 3 is 2.00 bits per heavy atom. The lowest BCUT2D eigenvalue weighted by Crippen LogP contribution is -2.33. The van der Waals surface area contributed by atoms with Crippen LogP contribution >= 0.6 is 0 Å². The van der Waals surface area contributed by atoms with Crippen molar-refractivity contribution in [3.63, 3.8) is 0 Å². The summed E-state index contributed by atoms with van der Waals surface area (Å²) in [6, 6.07) is -0.243. The molecule has 4 heteroatoms. The molecule has 62 valence electrons. The fourth-order valence-electron chi connectivity index (χ4n) is 0.534. The van der Waals surface area contributed by atoms with Crippen LogP contribution in [0.4, 0.5) is 4.79 Å². The number of hydrogen-bond acceptors (Lipinski definition) is 2. The highest BCUT2D eigenvalue weighted by atomic mass is 16.2. The monoisotopic (exact) mass is 155 g/mol. The van der Waals surface area contributed by atoms with Gasteiger partial charge in [0.05, 0.1) is 0 Å². The quantitative estimate of drug-likeness (QED) is 0.434. The van der Waals surface area contributed by atoms with Crippen molar-refractivity contribution in [1.29, 1.82) is 0 Å². The van der Waals surface area contributed by atoms with Crippen LogP contribution in [0.1, 0.15) is 6.92 Å². The maximum Gasteiger partial charge on any atom is 0.344 e. The van der Waals surface area contributed by atoms with Gasteiger partial charge in [-0.15, -0.1) is 0 Å². The van der Waals surface area contributed by atoms with Gasteiger partial charge in [-0.1, -0.05) is 6.58 Å². The number of urea groups is 1. The Morgan fingerprint density at radius 1 is 1.45 bits per heavy atom. The second kappa shape index (κ2) is 3.75. The Balaban J connectivity index is 4.39. The number of hydrogen-bond donors (Lipinski definition) is 0. The minimum Gasteiger partial charge on any atom is -0.329 e. The van der Waals surface area contributed by atoms with E-state index in [1.807, 2.05) is 0 Å². The molecule has 0 saturated carbocycles. The molecule has 0 radical (unpaired) electrons. The zero-order valence-electron chi connectivity index (χ0n) is 7.16. The van der Waals surface area contributed by atoms with E-state index in [1.165, 1.54) is 4.90 Å². The lowest BCUT2D eigenvalue weighted by molar-refractivity contribution is 0.186. The molecule has 4 nitrogen and oxygen atoms in total. The molecule has 0 bridgehead atoms. The molecule has 0 aromatic carbocycles. The Labute approximate surface area is 66.8 Å². The molecule has 11 heavy (non-hydrogen) atoms. The first-order valence-electron chi connectivity index (χ1n) is 3.14. The van der Waals surface area contributed by atoms with Crippen LogP contribution in [0.5, 0.6) is 0 Å². The fourth-order valence-corrected chi connectivity index (χ4v) is 0.534. The van der Waals surface area contributed by atoms with E-state index in [9.17, 15) is 4.79 Å². The summed E-state index contributed by atoms with van der Waals surface area (Å²) < 4.78 is 0. The maximum atomic E-state index is 11.2. The van der Waals surface area contributed by atoms with Crippen molar-refractivity contribution in [3.8, 4) is 0 Å². The molecule has 0 fully saturated rings. The second-order valence-corrected chi connectivity index (χ2v) is 2.37. The van der Waals surface area contributed by atoms with Gasteiger partial charge >= 0.3 is 6.03 Å². The molecule has 0 aliphatic carbocycles. The van der Waals surface area contributed by atoms with Crippen LogP contribution in [-0.2, 0) is 0 Å². The van der Waals surface area contributed by atoms with Crippen molar-refractivity contribution < 1.29 is 4.79 Å². The largest absolute Gasteiger partial charge is 0.344 e. The summed E-state index contributed by atoms with van der Waals surface area (Å²) in [5.41, 5.74) is 0.554. The maximum absolute atomic E-state index is 11.2. The molecule has 0 aromatic rings. The highest BCUT2D eigenvalue weighted by Crippen LogP contribution is 2.03. The number of allylic oxidation sites excluding steroid dienone is 1. The molecule has 0 aliphatic heterocycles. The highest BCUT2D eigenvalue weighted by Gasteiger charge is 2.13. The molecule has 0 unspecified atom stereocenters. The molecule has 0 rings (SSSR count). The van der Waals surface area contributed by atoms with Crippen LogP contribution in [-0.4, -0.2) is 36.8 Å². The fraction of sp³-hybridized carbons (Fsp3) is 0.429. The highest BCUT2D eigenvalue weighted by molar-refractivity contribution is 5.75. The molecule has 2 amide bonds. The van der Waals surface area contributed by atoms with E-state index in [1.54, 1.807) is 21.0 Å². The van der Waals surface area contributed by atoms with Crippen molar-refractivity contribution >= 4 is 12.7 Å². The zero-order chi connectivity index (χ0) is 9.02. The van der Waals surface area contributed by atoms with Crippen molar-refractivity contribution in [2.75, 3.05) is 14.1 Å². The van der Waals surface area contributed by atoms with Crippen LogP contribution in [0.2, 0.25) is 0 Å². The SMILES string of the molecule is C=NN(C(=C)C)C(=O)N(C)C. The van der Waals surface area contributed by atoms with Gasteiger partial charge in [0, 0.05) is 26.5 Å². The van der Waals surface area contributed by atoms with Crippen LogP contribution in [0.3, 0.4) is 0 Å². The minimum absolute atomic E-state index is 0.243. The molecular formula is C7H13N3O. The predicted molar refractivity (Wildman–Crippen MR) is 45.3 cm³/mol. The molecule has 0 heterocycles. The number of carbonyl (C=O) groups excluding carboxylic acids is 1. The van der Waals surface area contributed by atoms with E-state index >= 15 is 0 Å². The molecular weight excluding hydrogens is 142 g/mol. The topological polar surface area (TPSA) is 35.9 Å². The molecule has 0 atom stereocenters. The van der Waals surface area contributed by atoms with Crippen LogP contribution < -0.4 is 0 Å². The summed E-state index contributed by atoms with van der Waals surface area (Å²) >= 11 is 0. The number of rotatable bonds is 2. The molecule has 0 saturated heterocycles. The summed E-state index contributed by atoms with van der Waals surface area (Å²) in [7, 11) is 3.28. The lowest BCUT2D eigenvalue weighted by atomic mass is 10.5. The summed E-state index contributed by atoms with van der Waals surface area (Å²) in [5, 5.41) is 4.64. The number of amides is 2. The zero-order valence-corrected chi connectivity index (χ0v) is 7.16. The van der Waals surface area contributed by atoms with Gasteiger partial charge in [-0.25, -0.2) is 4.79 Å². The van der Waals surface area contributed by atoms with Gasteiger partial charge in [0.15, 0.2) is 0 Å². The first-order chi connectivity index (χ1) is 5.00. The third-order valence-corrected chi connectivity index (χ3v) is 1.07. The number of hydrazone groups is 1. The predicted octanol–water partition coefficient (Wildman–Crippen LogP) is 1.12. The average Bonchev–Trinajstić information content (AvgIpc) is 1.88. The van der Waals surface area contributed by atoms with Gasteiger partial charge in [0.2, 0.25) is 0 Å². The minimum atomic E-state index is -0.243. The normalized spacial score (nSPS) is 8.64. The Hall–Kier alpha value is -1.32. The van der Waals surface area contributed by atoms with Crippen LogP contribution in [0, 0.1) is 0 Å². The van der Waals surface area contributed by atoms with Gasteiger partial charge in [-0.3, -0.25) is 0 Å². The molecule has 0 spiro atoms. The van der Waals surface area contributed by atoms with E-state index < -0.39 is 0 Å². The first kappa shape index (κ1) is 9.68. The Kier molecular flexibility index (Phi) is 3.30. The Bertz CT molecular complexity index is 186. The molecule has 0 aliphatic rings. The summed E-state index contributed by atoms with van der Waals surface area (Å²) in [4.78, 5) is 12.6. The average molecular weight is 155 g/mol. The van der Waals surface area contributed by atoms with E-state index in [0.717, 1.165) is 5.01 Å². The third kappa shape index (κ3) is 2.41. The standard InChI is InChI=1S/C7H13N3O/c1-6(2)10(8-3)7(11)9(4)5/h1,3H2,2,4-5H3. The van der Waals surface area contributed by atoms with E-state index in [2.05, 4.69) is 18.4 Å². The summed E-state index contributed by atoms with van der Waals surface area (Å²) in [6.45, 7) is 8.52. The van der Waals surface area contributed by atoms with Gasteiger partial charge < -0.3 is 4.90 Å². The Morgan fingerprint density at radius 2 is 1.91 bits per heavy atom. The second-order valence-electron chi connectivity index (χ2n) is 2.37. The van der Waals surface area contributed by atoms with E-state index in [0.29, 0.717) is 5.70 Å². The van der Waals surface area contributed by atoms with Crippen molar-refractivity contribution in [1.82, 2.24) is 9.91 Å². The molecule has 0 aromatic heterocycles. The van der Waals surface area contributed by atoms with E-state index in [-0.39, 0.29) is 6.03 Å². The number of nitrogens with zero attached hydrogens (tertiary/aromatic N) is 3. The van der Waals surface area contributed by atoms with Crippen LogP contribution in [0.25, 0.3) is 0 Å².